The third-order valence-corrected chi connectivity index (χ3v) is 2.26. The van der Waals surface area contributed by atoms with Crippen LogP contribution in [-0.2, 0) is 4.79 Å². The molecule has 1 aliphatic heterocycles. The molecule has 0 atom stereocenters. The van der Waals surface area contributed by atoms with E-state index in [-0.39, 0.29) is 18.3 Å². The zero-order valence-electron chi connectivity index (χ0n) is 8.56. The number of hydrogen-bond acceptors (Lipinski definition) is 3. The van der Waals surface area contributed by atoms with Crippen LogP contribution in [0.2, 0.25) is 0 Å². The average Bonchev–Trinajstić information content (AvgIpc) is 2.20. The Morgan fingerprint density at radius 2 is 2.27 bits per heavy atom. The molecule has 1 N–H and O–H groups in total. The number of rotatable bonds is 1. The summed E-state index contributed by atoms with van der Waals surface area (Å²) >= 11 is 0. The lowest BCUT2D eigenvalue weighted by Gasteiger charge is -2.26. The van der Waals surface area contributed by atoms with Gasteiger partial charge in [-0.05, 0) is 18.6 Å². The monoisotopic (exact) mass is 227 g/mol. The van der Waals surface area contributed by atoms with Crippen molar-refractivity contribution in [1.82, 2.24) is 10.3 Å². The van der Waals surface area contributed by atoms with Crippen LogP contribution in [0.1, 0.15) is 5.56 Å². The maximum atomic E-state index is 11.5. The topological polar surface area (TPSA) is 45.2 Å². The summed E-state index contributed by atoms with van der Waals surface area (Å²) in [5.41, 5.74) is 1.11. The predicted octanol–water partition coefficient (Wildman–Crippen LogP) is 0.748. The number of aromatic nitrogens is 1. The maximum Gasteiger partial charge on any atom is 0.242 e. The zero-order chi connectivity index (χ0) is 9.97. The molecular formula is C10H14ClN3O. The van der Waals surface area contributed by atoms with Gasteiger partial charge >= 0.3 is 0 Å². The van der Waals surface area contributed by atoms with Crippen molar-refractivity contribution in [3.05, 3.63) is 23.9 Å². The van der Waals surface area contributed by atoms with Gasteiger partial charge < -0.3 is 5.32 Å². The molecular weight excluding hydrogens is 214 g/mol. The van der Waals surface area contributed by atoms with E-state index in [4.69, 9.17) is 0 Å². The van der Waals surface area contributed by atoms with Crippen molar-refractivity contribution in [1.29, 1.82) is 0 Å². The van der Waals surface area contributed by atoms with E-state index in [2.05, 4.69) is 10.3 Å². The second-order valence-electron chi connectivity index (χ2n) is 3.42. The standard InChI is InChI=1S/C10H13N3O.ClH/c1-8-2-3-9(12-6-8)13-5-4-11-7-10(13)14;/h2-3,6,11H,4-5,7H2,1H3;1H. The fraction of sp³-hybridized carbons (Fsp3) is 0.400. The Morgan fingerprint density at radius 1 is 1.47 bits per heavy atom. The van der Waals surface area contributed by atoms with Crippen LogP contribution in [0.25, 0.3) is 0 Å². The Hall–Kier alpha value is -1.13. The Labute approximate surface area is 95.1 Å². The molecule has 1 fully saturated rings. The molecule has 0 radical (unpaired) electrons. The molecule has 1 aromatic heterocycles. The number of carbonyl (C=O) groups is 1. The summed E-state index contributed by atoms with van der Waals surface area (Å²) < 4.78 is 0. The third kappa shape index (κ3) is 2.67. The van der Waals surface area contributed by atoms with Gasteiger partial charge in [0.15, 0.2) is 0 Å². The van der Waals surface area contributed by atoms with Gasteiger partial charge in [0.2, 0.25) is 5.91 Å². The van der Waals surface area contributed by atoms with Crippen LogP contribution in [0, 0.1) is 6.92 Å². The molecule has 0 spiro atoms. The first-order valence-electron chi connectivity index (χ1n) is 4.71. The number of piperazine rings is 1. The van der Waals surface area contributed by atoms with Crippen molar-refractivity contribution in [2.75, 3.05) is 24.5 Å². The molecule has 15 heavy (non-hydrogen) atoms. The Bertz CT molecular complexity index is 339. The minimum atomic E-state index is 0. The number of aryl methyl sites for hydroxylation is 1. The molecule has 82 valence electrons. The fourth-order valence-corrected chi connectivity index (χ4v) is 1.47. The van der Waals surface area contributed by atoms with Crippen LogP contribution in [0.15, 0.2) is 18.3 Å². The van der Waals surface area contributed by atoms with Crippen LogP contribution in [0.4, 0.5) is 5.82 Å². The van der Waals surface area contributed by atoms with Gasteiger partial charge in [-0.1, -0.05) is 6.07 Å². The third-order valence-electron chi connectivity index (χ3n) is 2.26. The summed E-state index contributed by atoms with van der Waals surface area (Å²) in [7, 11) is 0. The molecule has 2 rings (SSSR count). The van der Waals surface area contributed by atoms with Gasteiger partial charge in [-0.3, -0.25) is 9.69 Å². The smallest absolute Gasteiger partial charge is 0.242 e. The van der Waals surface area contributed by atoms with Crippen molar-refractivity contribution >= 4 is 24.1 Å². The minimum absolute atomic E-state index is 0. The lowest BCUT2D eigenvalue weighted by atomic mass is 10.3. The highest BCUT2D eigenvalue weighted by atomic mass is 35.5. The average molecular weight is 228 g/mol. The minimum Gasteiger partial charge on any atom is -0.307 e. The molecule has 0 unspecified atom stereocenters. The number of hydrogen-bond donors (Lipinski definition) is 1. The normalized spacial score (nSPS) is 16.1. The Morgan fingerprint density at radius 3 is 2.87 bits per heavy atom. The second kappa shape index (κ2) is 5.09. The van der Waals surface area contributed by atoms with Crippen LogP contribution >= 0.6 is 12.4 Å². The lowest BCUT2D eigenvalue weighted by molar-refractivity contribution is -0.118. The van der Waals surface area contributed by atoms with Gasteiger partial charge in [-0.25, -0.2) is 4.98 Å². The van der Waals surface area contributed by atoms with Gasteiger partial charge in [0.05, 0.1) is 6.54 Å². The SMILES string of the molecule is Cc1ccc(N2CCNCC2=O)nc1.Cl. The highest BCUT2D eigenvalue weighted by Crippen LogP contribution is 2.11. The van der Waals surface area contributed by atoms with Crippen molar-refractivity contribution in [3.8, 4) is 0 Å². The van der Waals surface area contributed by atoms with Gasteiger partial charge in [0.25, 0.3) is 0 Å². The molecule has 4 nitrogen and oxygen atoms in total. The quantitative estimate of drug-likeness (QED) is 0.770. The number of nitrogens with one attached hydrogen (secondary N) is 1. The van der Waals surface area contributed by atoms with Crippen LogP contribution in [0.5, 0.6) is 0 Å². The largest absolute Gasteiger partial charge is 0.307 e. The molecule has 0 bridgehead atoms. The van der Waals surface area contributed by atoms with Gasteiger partial charge in [-0.15, -0.1) is 12.4 Å². The van der Waals surface area contributed by atoms with E-state index in [1.165, 1.54) is 0 Å². The van der Waals surface area contributed by atoms with Crippen molar-refractivity contribution < 1.29 is 4.79 Å². The molecule has 0 aliphatic carbocycles. The summed E-state index contributed by atoms with van der Waals surface area (Å²) in [6.07, 6.45) is 1.78. The number of pyridine rings is 1. The van der Waals surface area contributed by atoms with E-state index < -0.39 is 0 Å². The van der Waals surface area contributed by atoms with Crippen LogP contribution in [0.3, 0.4) is 0 Å². The summed E-state index contributed by atoms with van der Waals surface area (Å²) in [5, 5.41) is 3.03. The van der Waals surface area contributed by atoms with Gasteiger partial charge in [0, 0.05) is 19.3 Å². The van der Waals surface area contributed by atoms with E-state index in [1.54, 1.807) is 11.1 Å². The summed E-state index contributed by atoms with van der Waals surface area (Å²) in [6.45, 7) is 3.93. The van der Waals surface area contributed by atoms with E-state index in [1.807, 2.05) is 19.1 Å². The highest BCUT2D eigenvalue weighted by Gasteiger charge is 2.19. The molecule has 2 heterocycles. The number of nitrogens with zero attached hydrogens (tertiary/aromatic N) is 2. The van der Waals surface area contributed by atoms with Crippen molar-refractivity contribution in [2.45, 2.75) is 6.92 Å². The van der Waals surface area contributed by atoms with Gasteiger partial charge in [-0.2, -0.15) is 0 Å². The van der Waals surface area contributed by atoms with Crippen LogP contribution in [-0.4, -0.2) is 30.5 Å². The van der Waals surface area contributed by atoms with E-state index in [9.17, 15) is 4.79 Å². The van der Waals surface area contributed by atoms with Gasteiger partial charge in [0.1, 0.15) is 5.82 Å². The number of halogens is 1. The Kier molecular flexibility index (Phi) is 4.05. The van der Waals surface area contributed by atoms with E-state index in [0.29, 0.717) is 13.1 Å². The predicted molar refractivity (Wildman–Crippen MR) is 61.4 cm³/mol. The van der Waals surface area contributed by atoms with Crippen molar-refractivity contribution in [3.63, 3.8) is 0 Å². The van der Waals surface area contributed by atoms with E-state index >= 15 is 0 Å². The number of carbonyl (C=O) groups excluding carboxylic acids is 1. The molecule has 1 saturated heterocycles. The first kappa shape index (κ1) is 11.9. The number of anilines is 1. The molecule has 5 heteroatoms. The maximum absolute atomic E-state index is 11.5. The number of amides is 1. The van der Waals surface area contributed by atoms with Crippen molar-refractivity contribution in [2.24, 2.45) is 0 Å². The molecule has 0 aromatic carbocycles. The molecule has 1 aliphatic rings. The summed E-state index contributed by atoms with van der Waals surface area (Å²) in [6, 6.07) is 3.86. The lowest BCUT2D eigenvalue weighted by Crippen LogP contribution is -2.48. The molecule has 1 aromatic rings. The van der Waals surface area contributed by atoms with Crippen LogP contribution < -0.4 is 10.2 Å². The Balaban J connectivity index is 0.00000112. The summed E-state index contributed by atoms with van der Waals surface area (Å²) in [5.74, 6) is 0.842. The highest BCUT2D eigenvalue weighted by molar-refractivity contribution is 5.94. The second-order valence-corrected chi connectivity index (χ2v) is 3.42. The van der Waals surface area contributed by atoms with E-state index in [0.717, 1.165) is 17.9 Å². The molecule has 0 saturated carbocycles. The zero-order valence-corrected chi connectivity index (χ0v) is 9.38. The fourth-order valence-electron chi connectivity index (χ4n) is 1.47. The first-order valence-corrected chi connectivity index (χ1v) is 4.71. The first-order chi connectivity index (χ1) is 6.77. The summed E-state index contributed by atoms with van der Waals surface area (Å²) in [4.78, 5) is 17.5. The molecule has 1 amide bonds.